The Kier molecular flexibility index (Phi) is 7.01. The monoisotopic (exact) mass is 773 g/mol. The topological polar surface area (TPSA) is 37.3 Å². The SMILES string of the molecule is CC1c2c(-c3cccc[n+]3C)cccc2N(c2cc3sc(-c4ccc5oc6cc7oc8ccccc8c7cc6c5c4)cc3s2)c2cccc(-c3cccc[n+]3C)c21. The number of rotatable bonds is 4. The summed E-state index contributed by atoms with van der Waals surface area (Å²) in [7, 11) is 4.28. The minimum atomic E-state index is 0.156. The first kappa shape index (κ1) is 32.7. The van der Waals surface area contributed by atoms with E-state index in [9.17, 15) is 0 Å². The van der Waals surface area contributed by atoms with Gasteiger partial charge >= 0.3 is 0 Å². The molecule has 11 aromatic rings. The molecule has 0 radical (unpaired) electrons. The summed E-state index contributed by atoms with van der Waals surface area (Å²) in [4.78, 5) is 3.77. The second kappa shape index (κ2) is 12.2. The van der Waals surface area contributed by atoms with Gasteiger partial charge in [-0.25, -0.2) is 9.13 Å². The van der Waals surface area contributed by atoms with Gasteiger partial charge < -0.3 is 13.7 Å². The van der Waals surface area contributed by atoms with E-state index < -0.39 is 0 Å². The summed E-state index contributed by atoms with van der Waals surface area (Å²) < 4.78 is 19.6. The molecule has 0 atom stereocenters. The van der Waals surface area contributed by atoms with Crippen LogP contribution in [-0.4, -0.2) is 0 Å². The fourth-order valence-electron chi connectivity index (χ4n) is 9.19. The Labute approximate surface area is 336 Å². The van der Waals surface area contributed by atoms with Gasteiger partial charge in [-0.1, -0.05) is 37.3 Å². The molecule has 6 aromatic heterocycles. The summed E-state index contributed by atoms with van der Waals surface area (Å²) in [5.41, 5.74) is 14.7. The van der Waals surface area contributed by atoms with Crippen LogP contribution < -0.4 is 14.0 Å². The van der Waals surface area contributed by atoms with Crippen LogP contribution in [0.5, 0.6) is 0 Å². The highest BCUT2D eigenvalue weighted by molar-refractivity contribution is 7.31. The van der Waals surface area contributed by atoms with Gasteiger partial charge in [0, 0.05) is 72.1 Å². The number of anilines is 3. The van der Waals surface area contributed by atoms with Crippen molar-refractivity contribution in [1.29, 1.82) is 0 Å². The Morgan fingerprint density at radius 3 is 1.77 bits per heavy atom. The van der Waals surface area contributed by atoms with E-state index in [0.29, 0.717) is 0 Å². The number of thiophene rings is 2. The van der Waals surface area contributed by atoms with Crippen LogP contribution in [0.25, 0.3) is 86.2 Å². The molecule has 0 spiro atoms. The molecule has 57 heavy (non-hydrogen) atoms. The summed E-state index contributed by atoms with van der Waals surface area (Å²) in [6, 6.07) is 50.4. The Morgan fingerprint density at radius 2 is 1.11 bits per heavy atom. The maximum absolute atomic E-state index is 6.36. The minimum absolute atomic E-state index is 0.156. The van der Waals surface area contributed by atoms with E-state index in [1.54, 1.807) is 0 Å². The average Bonchev–Trinajstić information content (AvgIpc) is 4.00. The van der Waals surface area contributed by atoms with Gasteiger partial charge in [-0.05, 0) is 95.6 Å². The highest BCUT2D eigenvalue weighted by atomic mass is 32.1. The van der Waals surface area contributed by atoms with Gasteiger partial charge in [0.2, 0.25) is 11.4 Å². The Balaban J connectivity index is 1.01. The molecule has 0 fully saturated rings. The van der Waals surface area contributed by atoms with Crippen molar-refractivity contribution in [1.82, 2.24) is 0 Å². The number of benzene rings is 5. The maximum atomic E-state index is 6.36. The molecule has 5 aromatic carbocycles. The van der Waals surface area contributed by atoms with Gasteiger partial charge in [-0.15, -0.1) is 22.7 Å². The third-order valence-corrected chi connectivity index (χ3v) is 14.2. The molecule has 0 aliphatic carbocycles. The number of nitrogens with zero attached hydrogens (tertiary/aromatic N) is 3. The van der Waals surface area contributed by atoms with Crippen molar-refractivity contribution in [2.75, 3.05) is 4.90 Å². The molecule has 272 valence electrons. The molecule has 7 heterocycles. The number of aryl methyl sites for hydroxylation is 2. The first-order chi connectivity index (χ1) is 28.0. The lowest BCUT2D eigenvalue weighted by Gasteiger charge is -2.37. The van der Waals surface area contributed by atoms with Gasteiger partial charge in [0.25, 0.3) is 0 Å². The molecule has 1 aliphatic rings. The molecular weight excluding hydrogens is 739 g/mol. The van der Waals surface area contributed by atoms with Crippen molar-refractivity contribution in [3.8, 4) is 33.0 Å². The summed E-state index contributed by atoms with van der Waals surface area (Å²) in [6.07, 6.45) is 4.28. The minimum Gasteiger partial charge on any atom is -0.456 e. The first-order valence-corrected chi connectivity index (χ1v) is 20.9. The fourth-order valence-corrected chi connectivity index (χ4v) is 11.6. The van der Waals surface area contributed by atoms with E-state index in [-0.39, 0.29) is 5.92 Å². The van der Waals surface area contributed by atoms with Crippen molar-refractivity contribution >= 4 is 92.3 Å². The van der Waals surface area contributed by atoms with E-state index >= 15 is 0 Å². The number of hydrogen-bond acceptors (Lipinski definition) is 5. The highest BCUT2D eigenvalue weighted by Crippen LogP contribution is 2.56. The van der Waals surface area contributed by atoms with Crippen LogP contribution in [-0.2, 0) is 14.1 Å². The molecule has 1 aliphatic heterocycles. The Hall–Kier alpha value is -6.54. The van der Waals surface area contributed by atoms with Crippen molar-refractivity contribution in [3.63, 3.8) is 0 Å². The third kappa shape index (κ3) is 4.86. The number of fused-ring (bicyclic) bond motifs is 9. The molecule has 0 N–H and O–H groups in total. The quantitative estimate of drug-likeness (QED) is 0.167. The molecule has 0 bridgehead atoms. The lowest BCUT2D eigenvalue weighted by atomic mass is 9.80. The summed E-state index contributed by atoms with van der Waals surface area (Å²) in [5, 5.41) is 5.68. The summed E-state index contributed by atoms with van der Waals surface area (Å²) in [5.74, 6) is 0.156. The van der Waals surface area contributed by atoms with Gasteiger partial charge in [-0.3, -0.25) is 0 Å². The number of aromatic nitrogens is 2. The molecule has 7 heteroatoms. The van der Waals surface area contributed by atoms with Crippen molar-refractivity contribution in [3.05, 3.63) is 163 Å². The largest absolute Gasteiger partial charge is 0.456 e. The number of furan rings is 2. The predicted molar refractivity (Wildman–Crippen MR) is 235 cm³/mol. The third-order valence-electron chi connectivity index (χ3n) is 11.8. The molecular formula is C50H35N3O2S2+2. The van der Waals surface area contributed by atoms with Crippen LogP contribution in [0, 0.1) is 0 Å². The van der Waals surface area contributed by atoms with Gasteiger partial charge in [0.1, 0.15) is 41.4 Å². The fraction of sp³-hybridized carbons (Fsp3) is 0.0800. The van der Waals surface area contributed by atoms with E-state index in [1.165, 1.54) is 69.9 Å². The molecule has 12 rings (SSSR count). The van der Waals surface area contributed by atoms with Crippen molar-refractivity contribution < 1.29 is 18.0 Å². The number of para-hydroxylation sites is 1. The number of pyridine rings is 2. The van der Waals surface area contributed by atoms with Crippen molar-refractivity contribution in [2.24, 2.45) is 14.1 Å². The first-order valence-electron chi connectivity index (χ1n) is 19.3. The van der Waals surface area contributed by atoms with E-state index in [1.807, 2.05) is 40.9 Å². The van der Waals surface area contributed by atoms with Crippen LogP contribution in [0.2, 0.25) is 0 Å². The zero-order chi connectivity index (χ0) is 37.9. The molecule has 0 amide bonds. The lowest BCUT2D eigenvalue weighted by molar-refractivity contribution is -0.660. The van der Waals surface area contributed by atoms with Gasteiger partial charge in [-0.2, -0.15) is 0 Å². The summed E-state index contributed by atoms with van der Waals surface area (Å²) in [6.45, 7) is 2.38. The van der Waals surface area contributed by atoms with Crippen LogP contribution in [0.1, 0.15) is 24.0 Å². The predicted octanol–water partition coefficient (Wildman–Crippen LogP) is 13.3. The van der Waals surface area contributed by atoms with E-state index in [2.05, 4.69) is 169 Å². The zero-order valence-electron chi connectivity index (χ0n) is 31.5. The standard InChI is InChI=1S/C50H35N3O2S2/c1-29-49-32(37-15-6-8-22-51(37)2)13-10-17-39(49)53(40-18-11-14-33(50(29)40)38-16-7-9-23-52(38)3)48-28-47-46(57-48)27-45(56-47)30-20-21-42-34(24-30)36-25-35-31-12-4-5-19-41(31)54-43(35)26-44(36)55-42/h4-29H,1-3H3/q+2. The zero-order valence-corrected chi connectivity index (χ0v) is 33.1. The van der Waals surface area contributed by atoms with Gasteiger partial charge in [0.05, 0.1) is 22.5 Å². The Bertz CT molecular complexity index is 3310. The molecule has 5 nitrogen and oxygen atoms in total. The Morgan fingerprint density at radius 1 is 0.509 bits per heavy atom. The van der Waals surface area contributed by atoms with Crippen LogP contribution in [0.3, 0.4) is 0 Å². The molecule has 0 unspecified atom stereocenters. The average molecular weight is 774 g/mol. The maximum Gasteiger partial charge on any atom is 0.212 e. The number of hydrogen-bond donors (Lipinski definition) is 0. The summed E-state index contributed by atoms with van der Waals surface area (Å²) >= 11 is 3.72. The second-order valence-electron chi connectivity index (χ2n) is 15.1. The highest BCUT2D eigenvalue weighted by Gasteiger charge is 2.36. The lowest BCUT2D eigenvalue weighted by Crippen LogP contribution is -2.32. The van der Waals surface area contributed by atoms with Gasteiger partial charge in [0.15, 0.2) is 12.4 Å². The van der Waals surface area contributed by atoms with Crippen molar-refractivity contribution in [2.45, 2.75) is 12.8 Å². The second-order valence-corrected chi connectivity index (χ2v) is 17.3. The normalized spacial score (nSPS) is 13.1. The van der Waals surface area contributed by atoms with E-state index in [4.69, 9.17) is 8.83 Å². The van der Waals surface area contributed by atoms with Crippen LogP contribution in [0.4, 0.5) is 16.4 Å². The van der Waals surface area contributed by atoms with Crippen LogP contribution >= 0.6 is 22.7 Å². The smallest absolute Gasteiger partial charge is 0.212 e. The van der Waals surface area contributed by atoms with Crippen LogP contribution in [0.15, 0.2) is 161 Å². The van der Waals surface area contributed by atoms with E-state index in [0.717, 1.165) is 43.9 Å². The molecule has 0 saturated heterocycles. The molecule has 0 saturated carbocycles.